The highest BCUT2D eigenvalue weighted by atomic mass is 32.2. The molecule has 0 aliphatic carbocycles. The summed E-state index contributed by atoms with van der Waals surface area (Å²) in [5.41, 5.74) is 1.53. The van der Waals surface area contributed by atoms with Crippen molar-refractivity contribution in [3.8, 4) is 5.69 Å². The van der Waals surface area contributed by atoms with Crippen LogP contribution in [0, 0.1) is 5.82 Å². The van der Waals surface area contributed by atoms with Crippen molar-refractivity contribution in [2.75, 3.05) is 5.75 Å². The molecule has 116 valence electrons. The molecule has 2 heterocycles. The fraction of sp³-hybridized carbons (Fsp3) is 0.375. The van der Waals surface area contributed by atoms with Gasteiger partial charge < -0.3 is 0 Å². The van der Waals surface area contributed by atoms with Crippen molar-refractivity contribution in [3.63, 3.8) is 0 Å². The second-order valence-corrected chi connectivity index (χ2v) is 7.73. The quantitative estimate of drug-likeness (QED) is 0.626. The Hall–Kier alpha value is -1.27. The molecule has 0 bridgehead atoms. The highest BCUT2D eigenvalue weighted by Crippen LogP contribution is 2.31. The Kier molecular flexibility index (Phi) is 4.59. The lowest BCUT2D eigenvalue weighted by Gasteiger charge is -2.16. The molecule has 0 saturated carbocycles. The van der Waals surface area contributed by atoms with E-state index in [0.717, 1.165) is 29.2 Å². The Morgan fingerprint density at radius 1 is 1.41 bits per heavy atom. The number of thioether (sulfide) groups is 2. The third kappa shape index (κ3) is 2.94. The van der Waals surface area contributed by atoms with E-state index in [2.05, 4.69) is 13.8 Å². The molecular formula is C16H17FN2OS2. The first-order valence-electron chi connectivity index (χ1n) is 7.31. The van der Waals surface area contributed by atoms with Crippen molar-refractivity contribution >= 4 is 23.5 Å². The summed E-state index contributed by atoms with van der Waals surface area (Å²) in [6, 6.07) is 6.01. The lowest BCUT2D eigenvalue weighted by Crippen LogP contribution is -2.24. The number of rotatable bonds is 4. The number of hydrogen-bond donors (Lipinski definition) is 0. The molecule has 0 saturated heterocycles. The van der Waals surface area contributed by atoms with Crippen LogP contribution in [-0.4, -0.2) is 20.6 Å². The maximum Gasteiger partial charge on any atom is 0.272 e. The average Bonchev–Trinajstić information content (AvgIpc) is 2.97. The molecule has 6 heteroatoms. The van der Waals surface area contributed by atoms with Gasteiger partial charge in [0, 0.05) is 17.4 Å². The maximum atomic E-state index is 13.2. The minimum absolute atomic E-state index is 0.0371. The first-order chi connectivity index (χ1) is 10.6. The molecule has 1 atom stereocenters. The number of halogens is 1. The van der Waals surface area contributed by atoms with Crippen molar-refractivity contribution in [1.29, 1.82) is 0 Å². The maximum absolute atomic E-state index is 13.2. The van der Waals surface area contributed by atoms with Crippen LogP contribution in [0.4, 0.5) is 4.39 Å². The Morgan fingerprint density at radius 3 is 2.82 bits per heavy atom. The van der Waals surface area contributed by atoms with E-state index < -0.39 is 0 Å². The van der Waals surface area contributed by atoms with Gasteiger partial charge in [-0.05, 0) is 30.7 Å². The van der Waals surface area contributed by atoms with E-state index in [1.54, 1.807) is 40.2 Å². The predicted molar refractivity (Wildman–Crippen MR) is 89.8 cm³/mol. The van der Waals surface area contributed by atoms with Crippen LogP contribution >= 0.6 is 23.5 Å². The van der Waals surface area contributed by atoms with Gasteiger partial charge in [0.2, 0.25) is 0 Å². The molecule has 0 fully saturated rings. The second-order valence-electron chi connectivity index (χ2n) is 5.22. The number of hydrogen-bond acceptors (Lipinski definition) is 4. The minimum Gasteiger partial charge on any atom is -0.268 e. The molecular weight excluding hydrogens is 319 g/mol. The van der Waals surface area contributed by atoms with Gasteiger partial charge in [-0.2, -0.15) is 0 Å². The lowest BCUT2D eigenvalue weighted by atomic mass is 10.3. The molecule has 1 aromatic carbocycles. The van der Waals surface area contributed by atoms with E-state index in [4.69, 9.17) is 4.98 Å². The van der Waals surface area contributed by atoms with E-state index in [1.165, 1.54) is 12.1 Å². The summed E-state index contributed by atoms with van der Waals surface area (Å²) in [5.74, 6) is 0.592. The molecule has 0 radical (unpaired) electrons. The predicted octanol–water partition coefficient (Wildman–Crippen LogP) is 3.91. The van der Waals surface area contributed by atoms with Gasteiger partial charge in [0.25, 0.3) is 5.56 Å². The molecule has 3 nitrogen and oxygen atoms in total. The molecule has 3 rings (SSSR count). The van der Waals surface area contributed by atoms with Crippen molar-refractivity contribution in [2.24, 2.45) is 0 Å². The summed E-state index contributed by atoms with van der Waals surface area (Å²) in [4.78, 5) is 18.3. The third-order valence-corrected chi connectivity index (χ3v) is 5.96. The average molecular weight is 336 g/mol. The molecule has 2 aromatic rings. The Morgan fingerprint density at radius 2 is 2.14 bits per heavy atom. The normalized spacial score (nSPS) is 14.9. The monoisotopic (exact) mass is 336 g/mol. The number of aryl methyl sites for hydroxylation is 1. The van der Waals surface area contributed by atoms with Gasteiger partial charge in [-0.15, -0.1) is 11.8 Å². The highest BCUT2D eigenvalue weighted by molar-refractivity contribution is 8.00. The van der Waals surface area contributed by atoms with E-state index in [-0.39, 0.29) is 11.4 Å². The summed E-state index contributed by atoms with van der Waals surface area (Å²) < 4.78 is 14.8. The van der Waals surface area contributed by atoms with Gasteiger partial charge in [0.05, 0.1) is 16.3 Å². The standard InChI is InChI=1S/C16H17FN2OS2/c1-3-10(2)22-16-18-13-8-9-21-14(13)15(20)19(16)12-6-4-11(17)5-7-12/h4-7,10H,3,8-9H2,1-2H3. The van der Waals surface area contributed by atoms with Crippen LogP contribution in [0.1, 0.15) is 26.0 Å². The fourth-order valence-electron chi connectivity index (χ4n) is 2.25. The largest absolute Gasteiger partial charge is 0.272 e. The minimum atomic E-state index is -0.309. The zero-order chi connectivity index (χ0) is 15.7. The summed E-state index contributed by atoms with van der Waals surface area (Å²) in [5, 5.41) is 1.07. The van der Waals surface area contributed by atoms with Crippen LogP contribution in [0.2, 0.25) is 0 Å². The Bertz CT molecular complexity index is 743. The van der Waals surface area contributed by atoms with Crippen LogP contribution in [0.5, 0.6) is 0 Å². The smallest absolute Gasteiger partial charge is 0.268 e. The molecule has 0 N–H and O–H groups in total. The van der Waals surface area contributed by atoms with Gasteiger partial charge in [0.1, 0.15) is 5.82 Å². The summed E-state index contributed by atoms with van der Waals surface area (Å²) >= 11 is 3.16. The molecule has 1 aromatic heterocycles. The van der Waals surface area contributed by atoms with Gasteiger partial charge >= 0.3 is 0 Å². The first-order valence-corrected chi connectivity index (χ1v) is 9.18. The highest BCUT2D eigenvalue weighted by Gasteiger charge is 2.23. The van der Waals surface area contributed by atoms with Gasteiger partial charge in [-0.25, -0.2) is 9.37 Å². The molecule has 1 aliphatic rings. The lowest BCUT2D eigenvalue weighted by molar-refractivity contribution is 0.626. The molecule has 0 spiro atoms. The van der Waals surface area contributed by atoms with Crippen LogP contribution in [0.25, 0.3) is 5.69 Å². The molecule has 0 amide bonds. The van der Waals surface area contributed by atoms with Crippen LogP contribution < -0.4 is 5.56 Å². The summed E-state index contributed by atoms with van der Waals surface area (Å²) in [6.45, 7) is 4.23. The number of aromatic nitrogens is 2. The second kappa shape index (κ2) is 6.46. The number of nitrogens with zero attached hydrogens (tertiary/aromatic N) is 2. The van der Waals surface area contributed by atoms with E-state index in [1.807, 2.05) is 0 Å². The first kappa shape index (κ1) is 15.6. The van der Waals surface area contributed by atoms with Crippen molar-refractivity contribution in [2.45, 2.75) is 42.0 Å². The van der Waals surface area contributed by atoms with E-state index >= 15 is 0 Å². The summed E-state index contributed by atoms with van der Waals surface area (Å²) in [6.07, 6.45) is 1.84. The van der Waals surface area contributed by atoms with Gasteiger partial charge in [-0.3, -0.25) is 9.36 Å². The molecule has 22 heavy (non-hydrogen) atoms. The summed E-state index contributed by atoms with van der Waals surface area (Å²) in [7, 11) is 0. The number of benzene rings is 1. The number of fused-ring (bicyclic) bond motifs is 1. The van der Waals surface area contributed by atoms with Crippen molar-refractivity contribution in [3.05, 3.63) is 46.1 Å². The zero-order valence-electron chi connectivity index (χ0n) is 12.5. The van der Waals surface area contributed by atoms with Gasteiger partial charge in [0.15, 0.2) is 5.16 Å². The van der Waals surface area contributed by atoms with E-state index in [9.17, 15) is 9.18 Å². The Labute approximate surface area is 137 Å². The molecule has 1 unspecified atom stereocenters. The molecule has 1 aliphatic heterocycles. The third-order valence-electron chi connectivity index (χ3n) is 3.63. The Balaban J connectivity index is 2.17. The van der Waals surface area contributed by atoms with Gasteiger partial charge in [-0.1, -0.05) is 25.6 Å². The zero-order valence-corrected chi connectivity index (χ0v) is 14.1. The van der Waals surface area contributed by atoms with Crippen molar-refractivity contribution < 1.29 is 4.39 Å². The van der Waals surface area contributed by atoms with Crippen LogP contribution in [0.3, 0.4) is 0 Å². The fourth-order valence-corrected chi connectivity index (χ4v) is 4.26. The van der Waals surface area contributed by atoms with Crippen molar-refractivity contribution in [1.82, 2.24) is 9.55 Å². The van der Waals surface area contributed by atoms with E-state index in [0.29, 0.717) is 16.1 Å². The SMILES string of the molecule is CCC(C)Sc1nc2c(c(=O)n1-c1ccc(F)cc1)SCC2. The van der Waals surface area contributed by atoms with Crippen LogP contribution in [0.15, 0.2) is 39.1 Å². The topological polar surface area (TPSA) is 34.9 Å². The van der Waals surface area contributed by atoms with Crippen LogP contribution in [-0.2, 0) is 6.42 Å².